The van der Waals surface area contributed by atoms with Crippen LogP contribution >= 0.6 is 11.6 Å². The topological polar surface area (TPSA) is 51.0 Å². The summed E-state index contributed by atoms with van der Waals surface area (Å²) in [6, 6.07) is 7.63. The number of benzene rings is 1. The molecule has 0 aliphatic carbocycles. The molecule has 1 saturated heterocycles. The second kappa shape index (κ2) is 5.08. The molecular formula is C13H14ClN3O. The van der Waals surface area contributed by atoms with E-state index in [0.29, 0.717) is 10.9 Å². The summed E-state index contributed by atoms with van der Waals surface area (Å²) in [6.45, 7) is 1.02. The Morgan fingerprint density at radius 2 is 2.06 bits per heavy atom. The lowest BCUT2D eigenvalue weighted by molar-refractivity contribution is 0.367. The summed E-state index contributed by atoms with van der Waals surface area (Å²) in [5, 5.41) is 8.16. The van der Waals surface area contributed by atoms with Gasteiger partial charge in [0.25, 0.3) is 5.89 Å². The molecule has 3 rings (SSSR count). The van der Waals surface area contributed by atoms with Gasteiger partial charge in [0, 0.05) is 10.6 Å². The third-order valence-electron chi connectivity index (χ3n) is 3.15. The van der Waals surface area contributed by atoms with Crippen molar-refractivity contribution in [2.75, 3.05) is 6.54 Å². The van der Waals surface area contributed by atoms with E-state index in [2.05, 4.69) is 15.5 Å². The third kappa shape index (κ3) is 2.40. The van der Waals surface area contributed by atoms with E-state index in [0.717, 1.165) is 24.4 Å². The van der Waals surface area contributed by atoms with E-state index in [-0.39, 0.29) is 6.04 Å². The number of aromatic nitrogens is 2. The van der Waals surface area contributed by atoms with Crippen LogP contribution in [0.25, 0.3) is 11.5 Å². The van der Waals surface area contributed by atoms with E-state index < -0.39 is 0 Å². The Bertz CT molecular complexity index is 517. The van der Waals surface area contributed by atoms with Crippen LogP contribution in [0, 0.1) is 0 Å². The molecule has 0 saturated carbocycles. The summed E-state index contributed by atoms with van der Waals surface area (Å²) in [5.74, 6) is 1.30. The molecule has 1 atom stereocenters. The molecule has 0 unspecified atom stereocenters. The normalized spacial score (nSPS) is 19.9. The Labute approximate surface area is 110 Å². The number of nitrogens with zero attached hydrogens (tertiary/aromatic N) is 2. The lowest BCUT2D eigenvalue weighted by Crippen LogP contribution is -2.27. The molecule has 1 aromatic heterocycles. The van der Waals surface area contributed by atoms with Crippen LogP contribution in [-0.2, 0) is 0 Å². The monoisotopic (exact) mass is 263 g/mol. The molecule has 1 aliphatic rings. The van der Waals surface area contributed by atoms with Crippen molar-refractivity contribution < 1.29 is 4.52 Å². The van der Waals surface area contributed by atoms with Gasteiger partial charge in [-0.05, 0) is 43.7 Å². The van der Waals surface area contributed by atoms with E-state index in [1.807, 2.05) is 24.3 Å². The van der Waals surface area contributed by atoms with Crippen LogP contribution in [0.3, 0.4) is 0 Å². The largest absolute Gasteiger partial charge is 0.334 e. The molecule has 1 fully saturated rings. The molecule has 2 aromatic rings. The molecule has 0 bridgehead atoms. The predicted molar refractivity (Wildman–Crippen MR) is 69.3 cm³/mol. The quantitative estimate of drug-likeness (QED) is 0.904. The summed E-state index contributed by atoms with van der Waals surface area (Å²) in [5.41, 5.74) is 0.897. The van der Waals surface area contributed by atoms with Gasteiger partial charge in [0.2, 0.25) is 0 Å². The zero-order valence-electron chi connectivity index (χ0n) is 9.90. The highest BCUT2D eigenvalue weighted by atomic mass is 35.5. The lowest BCUT2D eigenvalue weighted by Gasteiger charge is -2.19. The number of nitrogens with one attached hydrogen (secondary N) is 1. The van der Waals surface area contributed by atoms with Gasteiger partial charge in [-0.3, -0.25) is 0 Å². The Balaban J connectivity index is 1.82. The molecule has 1 N–H and O–H groups in total. The SMILES string of the molecule is Clc1ccc(-c2nc([C@@H]3CCCCN3)no2)cc1. The molecule has 94 valence electrons. The van der Waals surface area contributed by atoms with Gasteiger partial charge in [0.05, 0.1) is 6.04 Å². The summed E-state index contributed by atoms with van der Waals surface area (Å²) in [4.78, 5) is 4.45. The van der Waals surface area contributed by atoms with Crippen LogP contribution in [0.4, 0.5) is 0 Å². The Hall–Kier alpha value is -1.39. The van der Waals surface area contributed by atoms with Gasteiger partial charge < -0.3 is 9.84 Å². The molecule has 5 heteroatoms. The van der Waals surface area contributed by atoms with Crippen LogP contribution in [0.15, 0.2) is 28.8 Å². The first-order valence-corrected chi connectivity index (χ1v) is 6.53. The second-order valence-electron chi connectivity index (χ2n) is 4.47. The van der Waals surface area contributed by atoms with Crippen LogP contribution in [0.2, 0.25) is 5.02 Å². The number of piperidine rings is 1. The van der Waals surface area contributed by atoms with E-state index in [4.69, 9.17) is 16.1 Å². The van der Waals surface area contributed by atoms with Crippen molar-refractivity contribution in [3.8, 4) is 11.5 Å². The summed E-state index contributed by atoms with van der Waals surface area (Å²) in [7, 11) is 0. The molecule has 2 heterocycles. The Morgan fingerprint density at radius 3 is 2.78 bits per heavy atom. The fourth-order valence-corrected chi connectivity index (χ4v) is 2.28. The van der Waals surface area contributed by atoms with Crippen molar-refractivity contribution in [2.24, 2.45) is 0 Å². The van der Waals surface area contributed by atoms with Crippen LogP contribution in [-0.4, -0.2) is 16.7 Å². The molecular weight excluding hydrogens is 250 g/mol. The smallest absolute Gasteiger partial charge is 0.257 e. The summed E-state index contributed by atoms with van der Waals surface area (Å²) >= 11 is 5.85. The highest BCUT2D eigenvalue weighted by molar-refractivity contribution is 6.30. The molecule has 4 nitrogen and oxygen atoms in total. The van der Waals surface area contributed by atoms with E-state index in [9.17, 15) is 0 Å². The molecule has 1 aromatic carbocycles. The third-order valence-corrected chi connectivity index (χ3v) is 3.41. The standard InChI is InChI=1S/C13H14ClN3O/c14-10-6-4-9(5-7-10)13-16-12(17-18-13)11-3-1-2-8-15-11/h4-7,11,15H,1-3,8H2/t11-/m0/s1. The minimum Gasteiger partial charge on any atom is -0.334 e. The number of hydrogen-bond donors (Lipinski definition) is 1. The zero-order valence-corrected chi connectivity index (χ0v) is 10.7. The Kier molecular flexibility index (Phi) is 3.30. The summed E-state index contributed by atoms with van der Waals surface area (Å²) < 4.78 is 5.30. The molecule has 1 aliphatic heterocycles. The minimum atomic E-state index is 0.226. The molecule has 0 spiro atoms. The number of halogens is 1. The fraction of sp³-hybridized carbons (Fsp3) is 0.385. The lowest BCUT2D eigenvalue weighted by atomic mass is 10.0. The summed E-state index contributed by atoms with van der Waals surface area (Å²) in [6.07, 6.45) is 3.50. The maximum atomic E-state index is 5.85. The van der Waals surface area contributed by atoms with Gasteiger partial charge in [0.15, 0.2) is 5.82 Å². The zero-order chi connectivity index (χ0) is 12.4. The highest BCUT2D eigenvalue weighted by Crippen LogP contribution is 2.24. The first kappa shape index (κ1) is 11.7. The van der Waals surface area contributed by atoms with E-state index in [1.54, 1.807) is 0 Å². The van der Waals surface area contributed by atoms with Gasteiger partial charge in [-0.1, -0.05) is 23.2 Å². The fourth-order valence-electron chi connectivity index (χ4n) is 2.16. The van der Waals surface area contributed by atoms with Gasteiger partial charge in [-0.15, -0.1) is 0 Å². The second-order valence-corrected chi connectivity index (χ2v) is 4.90. The molecule has 18 heavy (non-hydrogen) atoms. The van der Waals surface area contributed by atoms with E-state index in [1.165, 1.54) is 12.8 Å². The van der Waals surface area contributed by atoms with Crippen LogP contribution in [0.1, 0.15) is 31.1 Å². The van der Waals surface area contributed by atoms with Crippen molar-refractivity contribution in [1.82, 2.24) is 15.5 Å². The van der Waals surface area contributed by atoms with Crippen molar-refractivity contribution in [2.45, 2.75) is 25.3 Å². The minimum absolute atomic E-state index is 0.226. The number of rotatable bonds is 2. The van der Waals surface area contributed by atoms with Gasteiger partial charge in [0.1, 0.15) is 0 Å². The predicted octanol–water partition coefficient (Wildman–Crippen LogP) is 3.20. The van der Waals surface area contributed by atoms with Gasteiger partial charge in [-0.25, -0.2) is 0 Å². The maximum Gasteiger partial charge on any atom is 0.257 e. The first-order chi connectivity index (χ1) is 8.83. The van der Waals surface area contributed by atoms with Gasteiger partial charge in [-0.2, -0.15) is 4.98 Å². The Morgan fingerprint density at radius 1 is 1.22 bits per heavy atom. The number of hydrogen-bond acceptors (Lipinski definition) is 4. The van der Waals surface area contributed by atoms with Crippen LogP contribution < -0.4 is 5.32 Å². The maximum absolute atomic E-state index is 5.85. The van der Waals surface area contributed by atoms with Crippen molar-refractivity contribution >= 4 is 11.6 Å². The van der Waals surface area contributed by atoms with Crippen molar-refractivity contribution in [1.29, 1.82) is 0 Å². The average Bonchev–Trinajstić information content (AvgIpc) is 2.90. The highest BCUT2D eigenvalue weighted by Gasteiger charge is 2.20. The molecule has 0 amide bonds. The molecule has 0 radical (unpaired) electrons. The van der Waals surface area contributed by atoms with Crippen LogP contribution in [0.5, 0.6) is 0 Å². The first-order valence-electron chi connectivity index (χ1n) is 6.16. The van der Waals surface area contributed by atoms with Gasteiger partial charge >= 0.3 is 0 Å². The average molecular weight is 264 g/mol. The van der Waals surface area contributed by atoms with Crippen molar-refractivity contribution in [3.05, 3.63) is 35.1 Å². The van der Waals surface area contributed by atoms with Crippen molar-refractivity contribution in [3.63, 3.8) is 0 Å². The van der Waals surface area contributed by atoms with E-state index >= 15 is 0 Å².